The minimum Gasteiger partial charge on any atom is -0.495 e. The number of hydrogen-bond acceptors (Lipinski definition) is 4. The van der Waals surface area contributed by atoms with Crippen LogP contribution in [-0.4, -0.2) is 27.5 Å². The van der Waals surface area contributed by atoms with E-state index in [9.17, 15) is 13.2 Å². The van der Waals surface area contributed by atoms with Gasteiger partial charge in [-0.3, -0.25) is 4.79 Å². The van der Waals surface area contributed by atoms with Crippen LogP contribution in [0, 0.1) is 0 Å². The zero-order chi connectivity index (χ0) is 18.4. The first-order valence-corrected chi connectivity index (χ1v) is 9.25. The number of rotatable bonds is 7. The van der Waals surface area contributed by atoms with Crippen molar-refractivity contribution in [3.63, 3.8) is 0 Å². The number of primary sulfonamides is 1. The lowest BCUT2D eigenvalue weighted by molar-refractivity contribution is -0.688. The molecule has 1 atom stereocenters. The van der Waals surface area contributed by atoms with E-state index in [0.29, 0.717) is 18.0 Å². The molecule has 0 heterocycles. The largest absolute Gasteiger partial charge is 0.495 e. The van der Waals surface area contributed by atoms with Gasteiger partial charge in [0, 0.05) is 5.56 Å². The Labute approximate surface area is 147 Å². The van der Waals surface area contributed by atoms with E-state index in [2.05, 4.69) is 5.32 Å². The Hall–Kier alpha value is -2.42. The number of carbonyl (C=O) groups excluding carboxylic acids is 1. The fraction of sp³-hybridized carbons (Fsp3) is 0.235. The number of hydrogen-bond donors (Lipinski definition) is 3. The highest BCUT2D eigenvalue weighted by Crippen LogP contribution is 2.22. The van der Waals surface area contributed by atoms with Gasteiger partial charge in [0.05, 0.1) is 17.7 Å². The molecule has 0 aromatic heterocycles. The van der Waals surface area contributed by atoms with Gasteiger partial charge < -0.3 is 15.4 Å². The van der Waals surface area contributed by atoms with Crippen molar-refractivity contribution in [2.75, 3.05) is 12.4 Å². The molecule has 25 heavy (non-hydrogen) atoms. The Kier molecular flexibility index (Phi) is 6.13. The summed E-state index contributed by atoms with van der Waals surface area (Å²) in [6, 6.07) is 13.1. The number of para-hydroxylation sites is 2. The smallest absolute Gasteiger partial charge is 0.282 e. The molecule has 0 aliphatic heterocycles. The van der Waals surface area contributed by atoms with E-state index in [0.717, 1.165) is 5.56 Å². The highest BCUT2D eigenvalue weighted by Gasteiger charge is 2.17. The van der Waals surface area contributed by atoms with Gasteiger partial charge in [-0.15, -0.1) is 0 Å². The molecule has 5 N–H and O–H groups in total. The van der Waals surface area contributed by atoms with E-state index in [-0.39, 0.29) is 16.8 Å². The van der Waals surface area contributed by atoms with Gasteiger partial charge in [-0.1, -0.05) is 24.3 Å². The summed E-state index contributed by atoms with van der Waals surface area (Å²) >= 11 is 0. The Morgan fingerprint density at radius 2 is 1.84 bits per heavy atom. The summed E-state index contributed by atoms with van der Waals surface area (Å²) in [6.45, 7) is 2.33. The van der Waals surface area contributed by atoms with Crippen LogP contribution in [0.4, 0.5) is 5.69 Å². The number of ether oxygens (including phenoxy) is 1. The highest BCUT2D eigenvalue weighted by atomic mass is 32.2. The second kappa shape index (κ2) is 8.11. The molecule has 2 aromatic rings. The summed E-state index contributed by atoms with van der Waals surface area (Å²) in [5, 5.41) is 9.76. The van der Waals surface area contributed by atoms with Gasteiger partial charge in [-0.25, -0.2) is 13.6 Å². The Morgan fingerprint density at radius 3 is 2.44 bits per heavy atom. The maximum atomic E-state index is 12.3. The van der Waals surface area contributed by atoms with Crippen molar-refractivity contribution in [1.82, 2.24) is 0 Å². The average Bonchev–Trinajstić information content (AvgIpc) is 2.59. The quantitative estimate of drug-likeness (QED) is 0.661. The maximum Gasteiger partial charge on any atom is 0.282 e. The molecule has 0 saturated heterocycles. The predicted molar refractivity (Wildman–Crippen MR) is 94.5 cm³/mol. The molecule has 0 aliphatic carbocycles. The molecule has 0 bridgehead atoms. The van der Waals surface area contributed by atoms with Crippen molar-refractivity contribution in [3.05, 3.63) is 54.1 Å². The molecule has 2 rings (SSSR count). The molecule has 2 aromatic carbocycles. The molecule has 134 valence electrons. The number of amides is 1. The third-order valence-electron chi connectivity index (χ3n) is 3.74. The average molecular weight is 364 g/mol. The van der Waals surface area contributed by atoms with Gasteiger partial charge in [-0.05, 0) is 31.2 Å². The van der Waals surface area contributed by atoms with E-state index in [1.165, 1.54) is 12.1 Å². The minimum atomic E-state index is -3.69. The summed E-state index contributed by atoms with van der Waals surface area (Å²) in [7, 11) is -2.14. The molecule has 0 fully saturated rings. The Balaban J connectivity index is 1.93. The van der Waals surface area contributed by atoms with Crippen LogP contribution in [-0.2, 0) is 21.4 Å². The second-order valence-electron chi connectivity index (χ2n) is 5.61. The Bertz CT molecular complexity index is 835. The van der Waals surface area contributed by atoms with Crippen LogP contribution < -0.4 is 20.5 Å². The molecule has 0 saturated carbocycles. The fourth-order valence-corrected chi connectivity index (χ4v) is 2.75. The summed E-state index contributed by atoms with van der Waals surface area (Å²) < 4.78 is 27.7. The van der Waals surface area contributed by atoms with Crippen molar-refractivity contribution < 1.29 is 23.3 Å². The van der Waals surface area contributed by atoms with Crippen LogP contribution in [0.25, 0.3) is 0 Å². The van der Waals surface area contributed by atoms with Gasteiger partial charge in [0.1, 0.15) is 12.3 Å². The highest BCUT2D eigenvalue weighted by molar-refractivity contribution is 7.89. The molecule has 1 amide bonds. The molecular weight excluding hydrogens is 342 g/mol. The van der Waals surface area contributed by atoms with Gasteiger partial charge in [-0.2, -0.15) is 0 Å². The molecule has 0 aliphatic rings. The zero-order valence-electron chi connectivity index (χ0n) is 14.1. The van der Waals surface area contributed by atoms with Gasteiger partial charge in [0.2, 0.25) is 10.0 Å². The topological polar surface area (TPSA) is 115 Å². The van der Waals surface area contributed by atoms with Crippen molar-refractivity contribution in [3.8, 4) is 5.75 Å². The van der Waals surface area contributed by atoms with Crippen molar-refractivity contribution in [2.45, 2.75) is 24.4 Å². The predicted octanol–water partition coefficient (Wildman–Crippen LogP) is 0.433. The summed E-state index contributed by atoms with van der Waals surface area (Å²) in [5.41, 5.74) is 1.51. The first kappa shape index (κ1) is 18.9. The van der Waals surface area contributed by atoms with E-state index >= 15 is 0 Å². The molecule has 0 unspecified atom stereocenters. The van der Waals surface area contributed by atoms with Crippen molar-refractivity contribution in [2.24, 2.45) is 5.14 Å². The Morgan fingerprint density at radius 1 is 1.20 bits per heavy atom. The number of nitrogens with one attached hydrogen (secondary N) is 1. The van der Waals surface area contributed by atoms with Crippen LogP contribution >= 0.6 is 0 Å². The zero-order valence-corrected chi connectivity index (χ0v) is 14.9. The third kappa shape index (κ3) is 5.28. The maximum absolute atomic E-state index is 12.3. The molecule has 8 heteroatoms. The first-order chi connectivity index (χ1) is 11.8. The summed E-state index contributed by atoms with van der Waals surface area (Å²) in [5.74, 6) is 0.451. The third-order valence-corrected chi connectivity index (χ3v) is 4.67. The van der Waals surface area contributed by atoms with Crippen molar-refractivity contribution >= 4 is 21.6 Å². The number of anilines is 1. The van der Waals surface area contributed by atoms with E-state index in [1.807, 2.05) is 17.4 Å². The lowest BCUT2D eigenvalue weighted by atomic mass is 10.2. The van der Waals surface area contributed by atoms with Crippen LogP contribution in [0.3, 0.4) is 0 Å². The fourth-order valence-electron chi connectivity index (χ4n) is 2.23. The summed E-state index contributed by atoms with van der Waals surface area (Å²) in [6.07, 6.45) is 0. The van der Waals surface area contributed by atoms with Crippen LogP contribution in [0.1, 0.15) is 12.5 Å². The number of carbonyl (C=O) groups is 1. The van der Waals surface area contributed by atoms with E-state index < -0.39 is 10.0 Å². The van der Waals surface area contributed by atoms with E-state index in [1.54, 1.807) is 38.3 Å². The normalized spacial score (nSPS) is 12.4. The molecule has 7 nitrogen and oxygen atoms in total. The van der Waals surface area contributed by atoms with E-state index in [4.69, 9.17) is 9.88 Å². The number of quaternary nitrogens is 1. The standard InChI is InChI=1S/C17H21N3O4S/c1-12(17(21)20-15-5-3-4-6-16(15)24-2)19-11-13-7-9-14(10-8-13)25(18,22)23/h3-10,12,19H,11H2,1-2H3,(H,20,21)(H2,18,22,23)/p+1/t12-/m0/s1. The van der Waals surface area contributed by atoms with Crippen molar-refractivity contribution in [1.29, 1.82) is 0 Å². The lowest BCUT2D eigenvalue weighted by Crippen LogP contribution is -2.90. The van der Waals surface area contributed by atoms with Gasteiger partial charge in [0.15, 0.2) is 6.04 Å². The number of sulfonamides is 1. The number of nitrogens with two attached hydrogens (primary N) is 2. The molecular formula is C17H22N3O4S+. The number of benzene rings is 2. The second-order valence-corrected chi connectivity index (χ2v) is 7.17. The van der Waals surface area contributed by atoms with Crippen LogP contribution in [0.5, 0.6) is 5.75 Å². The lowest BCUT2D eigenvalue weighted by Gasteiger charge is -2.13. The minimum absolute atomic E-state index is 0.0678. The monoisotopic (exact) mass is 364 g/mol. The van der Waals surface area contributed by atoms with Crippen LogP contribution in [0.15, 0.2) is 53.4 Å². The van der Waals surface area contributed by atoms with Gasteiger partial charge >= 0.3 is 0 Å². The van der Waals surface area contributed by atoms with Gasteiger partial charge in [0.25, 0.3) is 5.91 Å². The molecule has 0 spiro atoms. The first-order valence-electron chi connectivity index (χ1n) is 7.70. The number of methoxy groups -OCH3 is 1. The molecule has 0 radical (unpaired) electrons. The SMILES string of the molecule is COc1ccccc1NC(=O)[C@H](C)[NH2+]Cc1ccc(S(N)(=O)=O)cc1. The van der Waals surface area contributed by atoms with Crippen LogP contribution in [0.2, 0.25) is 0 Å². The summed E-state index contributed by atoms with van der Waals surface area (Å²) in [4.78, 5) is 12.4.